The highest BCUT2D eigenvalue weighted by Crippen LogP contribution is 2.33. The molecule has 0 N–H and O–H groups in total. The number of halogens is 1. The van der Waals surface area contributed by atoms with E-state index < -0.39 is 21.0 Å². The van der Waals surface area contributed by atoms with Gasteiger partial charge in [-0.25, -0.2) is 13.4 Å². The highest BCUT2D eigenvalue weighted by molar-refractivity contribution is 7.89. The summed E-state index contributed by atoms with van der Waals surface area (Å²) in [5, 5.41) is 12.2. The van der Waals surface area contributed by atoms with Crippen molar-refractivity contribution in [2.75, 3.05) is 37.6 Å². The minimum Gasteiger partial charge on any atom is -0.345 e. The average Bonchev–Trinajstić information content (AvgIpc) is 3.51. The quantitative estimate of drug-likeness (QED) is 0.363. The Labute approximate surface area is 210 Å². The molecule has 0 saturated carbocycles. The van der Waals surface area contributed by atoms with Gasteiger partial charge in [0.1, 0.15) is 6.04 Å². The SMILES string of the molecule is O=C(C1CCCN1S(=O)(=O)c1ccc(Cl)cc1)N1CCN(c2nc3ccc([N+](=O)[O-])cc3s2)CC1. The van der Waals surface area contributed by atoms with Gasteiger partial charge in [-0.05, 0) is 43.2 Å². The molecule has 2 aromatic carbocycles. The molecule has 5 rings (SSSR count). The standard InChI is InChI=1S/C22H22ClN5O5S2/c23-15-3-6-17(7-4-15)35(32,33)27-9-1-2-19(27)21(29)25-10-12-26(13-11-25)22-24-18-8-5-16(28(30)31)14-20(18)34-22/h3-8,14,19H,1-2,9-13H2. The topological polar surface area (TPSA) is 117 Å². The maximum atomic E-state index is 13.3. The number of non-ortho nitro benzene ring substituents is 1. The van der Waals surface area contributed by atoms with Crippen molar-refractivity contribution in [2.24, 2.45) is 0 Å². The number of carbonyl (C=O) groups is 1. The smallest absolute Gasteiger partial charge is 0.270 e. The van der Waals surface area contributed by atoms with Gasteiger partial charge in [-0.3, -0.25) is 14.9 Å². The van der Waals surface area contributed by atoms with Gasteiger partial charge in [0.25, 0.3) is 5.69 Å². The Morgan fingerprint density at radius 2 is 1.80 bits per heavy atom. The molecule has 2 aliphatic rings. The molecule has 1 atom stereocenters. The number of thiazole rings is 1. The van der Waals surface area contributed by atoms with Crippen molar-refractivity contribution in [1.82, 2.24) is 14.2 Å². The van der Waals surface area contributed by atoms with Crippen molar-refractivity contribution in [3.8, 4) is 0 Å². The van der Waals surface area contributed by atoms with E-state index in [1.165, 1.54) is 52.0 Å². The normalized spacial score (nSPS) is 19.4. The van der Waals surface area contributed by atoms with Crippen LogP contribution in [0.3, 0.4) is 0 Å². The molecule has 1 amide bonds. The van der Waals surface area contributed by atoms with E-state index >= 15 is 0 Å². The summed E-state index contributed by atoms with van der Waals surface area (Å²) in [5.41, 5.74) is 0.723. The molecule has 1 unspecified atom stereocenters. The Balaban J connectivity index is 1.27. The molecule has 0 spiro atoms. The lowest BCUT2D eigenvalue weighted by atomic mass is 10.2. The van der Waals surface area contributed by atoms with Crippen molar-refractivity contribution in [2.45, 2.75) is 23.8 Å². The van der Waals surface area contributed by atoms with Gasteiger partial charge in [0.2, 0.25) is 15.9 Å². The van der Waals surface area contributed by atoms with Gasteiger partial charge in [-0.1, -0.05) is 22.9 Å². The molecule has 1 aromatic heterocycles. The Bertz CT molecular complexity index is 1390. The number of hydrogen-bond acceptors (Lipinski definition) is 8. The van der Waals surface area contributed by atoms with Gasteiger partial charge in [-0.15, -0.1) is 0 Å². The predicted octanol–water partition coefficient (Wildman–Crippen LogP) is 3.36. The van der Waals surface area contributed by atoms with Crippen molar-refractivity contribution in [1.29, 1.82) is 0 Å². The molecule has 3 aromatic rings. The number of aromatic nitrogens is 1. The number of amides is 1. The molecule has 2 fully saturated rings. The van der Waals surface area contributed by atoms with Gasteiger partial charge < -0.3 is 9.80 Å². The molecular formula is C22H22ClN5O5S2. The van der Waals surface area contributed by atoms with E-state index in [1.54, 1.807) is 11.0 Å². The summed E-state index contributed by atoms with van der Waals surface area (Å²) in [7, 11) is -3.81. The molecule has 2 aliphatic heterocycles. The fourth-order valence-electron chi connectivity index (χ4n) is 4.50. The lowest BCUT2D eigenvalue weighted by Crippen LogP contribution is -2.54. The third kappa shape index (κ3) is 4.58. The van der Waals surface area contributed by atoms with Gasteiger partial charge in [0, 0.05) is 49.9 Å². The molecule has 0 radical (unpaired) electrons. The molecule has 10 nitrogen and oxygen atoms in total. The van der Waals surface area contributed by atoms with E-state index in [-0.39, 0.29) is 16.5 Å². The van der Waals surface area contributed by atoms with Crippen LogP contribution in [-0.4, -0.2) is 72.2 Å². The van der Waals surface area contributed by atoms with Gasteiger partial charge in [0.15, 0.2) is 5.13 Å². The van der Waals surface area contributed by atoms with Crippen LogP contribution in [-0.2, 0) is 14.8 Å². The zero-order valence-corrected chi connectivity index (χ0v) is 20.9. The first-order valence-electron chi connectivity index (χ1n) is 11.1. The van der Waals surface area contributed by atoms with Gasteiger partial charge >= 0.3 is 0 Å². The maximum Gasteiger partial charge on any atom is 0.270 e. The maximum absolute atomic E-state index is 13.3. The van der Waals surface area contributed by atoms with Gasteiger partial charge in [-0.2, -0.15) is 4.31 Å². The van der Waals surface area contributed by atoms with E-state index in [1.807, 2.05) is 0 Å². The number of anilines is 1. The number of rotatable bonds is 5. The Morgan fingerprint density at radius 1 is 1.09 bits per heavy atom. The van der Waals surface area contributed by atoms with E-state index in [4.69, 9.17) is 11.6 Å². The van der Waals surface area contributed by atoms with E-state index in [0.29, 0.717) is 56.1 Å². The van der Waals surface area contributed by atoms with Crippen LogP contribution in [0.1, 0.15) is 12.8 Å². The average molecular weight is 536 g/mol. The van der Waals surface area contributed by atoms with Gasteiger partial charge in [0.05, 0.1) is 20.0 Å². The molecule has 13 heteroatoms. The van der Waals surface area contributed by atoms with Crippen LogP contribution in [0.2, 0.25) is 5.02 Å². The lowest BCUT2D eigenvalue weighted by molar-refractivity contribution is -0.384. The zero-order chi connectivity index (χ0) is 24.7. The molecule has 35 heavy (non-hydrogen) atoms. The second kappa shape index (κ2) is 9.34. The molecular weight excluding hydrogens is 514 g/mol. The summed E-state index contributed by atoms with van der Waals surface area (Å²) in [6, 6.07) is 9.86. The molecule has 3 heterocycles. The first-order valence-corrected chi connectivity index (χ1v) is 13.7. The minimum absolute atomic E-state index is 0.0257. The predicted molar refractivity (Wildman–Crippen MR) is 133 cm³/mol. The van der Waals surface area contributed by atoms with Crippen LogP contribution >= 0.6 is 22.9 Å². The monoisotopic (exact) mass is 535 g/mol. The fraction of sp³-hybridized carbons (Fsp3) is 0.364. The number of hydrogen-bond donors (Lipinski definition) is 0. The first kappa shape index (κ1) is 23.9. The largest absolute Gasteiger partial charge is 0.345 e. The molecule has 184 valence electrons. The number of nitrogens with zero attached hydrogens (tertiary/aromatic N) is 5. The van der Waals surface area contributed by atoms with Crippen LogP contribution in [0.4, 0.5) is 10.8 Å². The van der Waals surface area contributed by atoms with Crippen LogP contribution in [0.25, 0.3) is 10.2 Å². The summed E-state index contributed by atoms with van der Waals surface area (Å²) in [6.45, 7) is 2.29. The Kier molecular flexibility index (Phi) is 6.38. The highest BCUT2D eigenvalue weighted by atomic mass is 35.5. The van der Waals surface area contributed by atoms with Crippen LogP contribution in [0.5, 0.6) is 0 Å². The van der Waals surface area contributed by atoms with Crippen molar-refractivity contribution in [3.05, 3.63) is 57.6 Å². The number of nitro groups is 1. The summed E-state index contributed by atoms with van der Waals surface area (Å²) in [5.74, 6) is -0.181. The third-order valence-corrected chi connectivity index (χ3v) is 9.60. The summed E-state index contributed by atoms with van der Waals surface area (Å²) in [4.78, 5) is 32.4. The minimum atomic E-state index is -3.81. The van der Waals surface area contributed by atoms with E-state index in [2.05, 4.69) is 9.88 Å². The zero-order valence-electron chi connectivity index (χ0n) is 18.5. The van der Waals surface area contributed by atoms with E-state index in [9.17, 15) is 23.3 Å². The summed E-state index contributed by atoms with van der Waals surface area (Å²) < 4.78 is 28.4. The second-order valence-corrected chi connectivity index (χ2v) is 11.8. The van der Waals surface area contributed by atoms with Crippen molar-refractivity contribution >= 4 is 59.9 Å². The molecule has 2 saturated heterocycles. The van der Waals surface area contributed by atoms with E-state index in [0.717, 1.165) is 9.83 Å². The number of carbonyl (C=O) groups excluding carboxylic acids is 1. The van der Waals surface area contributed by atoms with Crippen LogP contribution in [0.15, 0.2) is 47.4 Å². The van der Waals surface area contributed by atoms with Crippen LogP contribution < -0.4 is 4.90 Å². The number of nitro benzene ring substituents is 1. The fourth-order valence-corrected chi connectivity index (χ4v) is 7.32. The molecule has 0 aliphatic carbocycles. The second-order valence-electron chi connectivity index (χ2n) is 8.45. The van der Waals surface area contributed by atoms with Crippen molar-refractivity contribution in [3.63, 3.8) is 0 Å². The number of fused-ring (bicyclic) bond motifs is 1. The summed E-state index contributed by atoms with van der Waals surface area (Å²) >= 11 is 7.28. The highest BCUT2D eigenvalue weighted by Gasteiger charge is 2.41. The van der Waals surface area contributed by atoms with Crippen molar-refractivity contribution < 1.29 is 18.1 Å². The number of sulfonamides is 1. The third-order valence-electron chi connectivity index (χ3n) is 6.34. The Hall–Kier alpha value is -2.80. The number of benzene rings is 2. The lowest BCUT2D eigenvalue weighted by Gasteiger charge is -2.37. The van der Waals surface area contributed by atoms with Crippen LogP contribution in [0, 0.1) is 10.1 Å². The Morgan fingerprint density at radius 3 is 2.49 bits per heavy atom. The summed E-state index contributed by atoms with van der Waals surface area (Å²) in [6.07, 6.45) is 1.11. The first-order chi connectivity index (χ1) is 16.7. The number of piperazine rings is 1. The molecule has 0 bridgehead atoms.